The van der Waals surface area contributed by atoms with Crippen molar-refractivity contribution in [1.82, 2.24) is 15.5 Å². The van der Waals surface area contributed by atoms with E-state index in [9.17, 15) is 14.4 Å². The first-order chi connectivity index (χ1) is 15.8. The molecular weight excluding hydrogens is 462 g/mol. The Labute approximate surface area is 217 Å². The van der Waals surface area contributed by atoms with Gasteiger partial charge < -0.3 is 20.3 Å². The monoisotopic (exact) mass is 507 g/mol. The molecule has 35 heavy (non-hydrogen) atoms. The van der Waals surface area contributed by atoms with Gasteiger partial charge in [-0.15, -0.1) is 0 Å². The van der Waals surface area contributed by atoms with Crippen molar-refractivity contribution in [3.05, 3.63) is 34.9 Å². The van der Waals surface area contributed by atoms with Gasteiger partial charge in [0.1, 0.15) is 17.7 Å². The lowest BCUT2D eigenvalue weighted by Crippen LogP contribution is -2.60. The van der Waals surface area contributed by atoms with Crippen LogP contribution in [0.3, 0.4) is 0 Å². The largest absolute Gasteiger partial charge is 0.444 e. The van der Waals surface area contributed by atoms with Crippen LogP contribution in [-0.2, 0) is 14.3 Å². The summed E-state index contributed by atoms with van der Waals surface area (Å²) >= 11 is 4.35. The molecule has 1 rings (SSSR count). The molecule has 0 spiro atoms. The van der Waals surface area contributed by atoms with Crippen molar-refractivity contribution in [1.29, 1.82) is 0 Å². The van der Waals surface area contributed by atoms with Crippen molar-refractivity contribution >= 4 is 30.5 Å². The Morgan fingerprint density at radius 1 is 1.00 bits per heavy atom. The molecule has 0 saturated carbocycles. The zero-order valence-corrected chi connectivity index (χ0v) is 24.2. The van der Waals surface area contributed by atoms with Crippen LogP contribution in [0.2, 0.25) is 0 Å². The van der Waals surface area contributed by atoms with Gasteiger partial charge in [0.05, 0.1) is 0 Å². The molecule has 0 aliphatic heterocycles. The normalized spacial score (nSPS) is 14.1. The van der Waals surface area contributed by atoms with Crippen molar-refractivity contribution in [3.8, 4) is 0 Å². The van der Waals surface area contributed by atoms with Gasteiger partial charge in [-0.2, -0.15) is 12.6 Å². The summed E-state index contributed by atoms with van der Waals surface area (Å²) in [5, 5.41) is 5.70. The van der Waals surface area contributed by atoms with E-state index in [-0.39, 0.29) is 11.7 Å². The third-order valence-corrected chi connectivity index (χ3v) is 6.14. The highest BCUT2D eigenvalue weighted by Gasteiger charge is 2.43. The topological polar surface area (TPSA) is 87.7 Å². The number of amides is 3. The van der Waals surface area contributed by atoms with E-state index < -0.39 is 40.8 Å². The fraction of sp³-hybridized carbons (Fsp3) is 0.667. The lowest BCUT2D eigenvalue weighted by molar-refractivity contribution is -0.149. The van der Waals surface area contributed by atoms with Crippen LogP contribution in [0.1, 0.15) is 91.5 Å². The molecule has 2 unspecified atom stereocenters. The van der Waals surface area contributed by atoms with Crippen molar-refractivity contribution in [2.45, 2.75) is 111 Å². The first-order valence-electron chi connectivity index (χ1n) is 12.2. The Kier molecular flexibility index (Phi) is 10.3. The quantitative estimate of drug-likeness (QED) is 0.427. The van der Waals surface area contributed by atoms with Crippen molar-refractivity contribution in [3.63, 3.8) is 0 Å². The van der Waals surface area contributed by atoms with E-state index in [2.05, 4.69) is 23.3 Å². The molecule has 198 valence electrons. The summed E-state index contributed by atoms with van der Waals surface area (Å²) in [6.07, 6.45) is -0.116. The minimum absolute atomic E-state index is 0.0505. The average molecular weight is 508 g/mol. The van der Waals surface area contributed by atoms with E-state index in [4.69, 9.17) is 4.74 Å². The lowest BCUT2D eigenvalue weighted by atomic mass is 9.90. The molecule has 2 atom stereocenters. The van der Waals surface area contributed by atoms with Crippen LogP contribution in [0, 0.1) is 13.8 Å². The number of hydrogen-bond donors (Lipinski definition) is 3. The molecule has 0 aromatic heterocycles. The average Bonchev–Trinajstić information content (AvgIpc) is 2.69. The van der Waals surface area contributed by atoms with E-state index in [1.54, 1.807) is 25.7 Å². The van der Waals surface area contributed by atoms with Crippen LogP contribution in [0.15, 0.2) is 18.2 Å². The second-order valence-electron chi connectivity index (χ2n) is 11.7. The smallest absolute Gasteiger partial charge is 0.408 e. The van der Waals surface area contributed by atoms with Gasteiger partial charge in [0.2, 0.25) is 11.8 Å². The molecule has 0 aliphatic rings. The molecule has 0 saturated heterocycles. The summed E-state index contributed by atoms with van der Waals surface area (Å²) in [5.74, 6) is -0.634. The second-order valence-corrected chi connectivity index (χ2v) is 12.1. The number of hydrogen-bond acceptors (Lipinski definition) is 5. The Morgan fingerprint density at radius 3 is 2.00 bits per heavy atom. The van der Waals surface area contributed by atoms with Crippen LogP contribution >= 0.6 is 12.6 Å². The van der Waals surface area contributed by atoms with E-state index in [0.717, 1.165) is 11.1 Å². The summed E-state index contributed by atoms with van der Waals surface area (Å²) in [5.41, 5.74) is 0.904. The standard InChI is InChI=1S/C27H45N3O4S/c1-12-27(10,11)30(23(32)20(16-35)28-24(33)34-26(7,8)9)21(22(31)29-25(4,5)6)19-14-13-17(2)18(3)15-19/h13-15,20-21,35H,12,16H2,1-11H3,(H,28,33)(H,29,31). The molecule has 1 aromatic rings. The highest BCUT2D eigenvalue weighted by molar-refractivity contribution is 7.80. The molecule has 0 fully saturated rings. The number of ether oxygens (including phenoxy) is 1. The zero-order chi connectivity index (χ0) is 27.4. The molecular formula is C27H45N3O4S. The van der Waals surface area contributed by atoms with E-state index in [0.29, 0.717) is 12.0 Å². The number of aryl methyl sites for hydroxylation is 2. The van der Waals surface area contributed by atoms with Crippen molar-refractivity contribution < 1.29 is 19.1 Å². The summed E-state index contributed by atoms with van der Waals surface area (Å²) in [6, 6.07) is 3.91. The third kappa shape index (κ3) is 9.06. The predicted molar refractivity (Wildman–Crippen MR) is 145 cm³/mol. The van der Waals surface area contributed by atoms with Crippen molar-refractivity contribution in [2.24, 2.45) is 0 Å². The van der Waals surface area contributed by atoms with Gasteiger partial charge in [-0.1, -0.05) is 25.1 Å². The fourth-order valence-corrected chi connectivity index (χ4v) is 3.79. The number of nitrogens with zero attached hydrogens (tertiary/aromatic N) is 1. The highest BCUT2D eigenvalue weighted by Crippen LogP contribution is 2.33. The van der Waals surface area contributed by atoms with Gasteiger partial charge in [0.15, 0.2) is 0 Å². The number of carbonyl (C=O) groups excluding carboxylic acids is 3. The molecule has 3 amide bonds. The number of benzene rings is 1. The van der Waals surface area contributed by atoms with Gasteiger partial charge in [-0.05, 0) is 92.3 Å². The van der Waals surface area contributed by atoms with Gasteiger partial charge >= 0.3 is 6.09 Å². The molecule has 7 nitrogen and oxygen atoms in total. The van der Waals surface area contributed by atoms with Crippen LogP contribution in [-0.4, -0.2) is 51.3 Å². The Bertz CT molecular complexity index is 916. The van der Waals surface area contributed by atoms with Crippen LogP contribution in [0.4, 0.5) is 4.79 Å². The Hall–Kier alpha value is -2.22. The molecule has 8 heteroatoms. The third-order valence-electron chi connectivity index (χ3n) is 5.78. The number of thiol groups is 1. The van der Waals surface area contributed by atoms with E-state index >= 15 is 0 Å². The number of rotatable bonds is 8. The summed E-state index contributed by atoms with van der Waals surface area (Å²) < 4.78 is 5.37. The summed E-state index contributed by atoms with van der Waals surface area (Å²) in [7, 11) is 0. The Balaban J connectivity index is 3.63. The molecule has 0 heterocycles. The Morgan fingerprint density at radius 2 is 1.57 bits per heavy atom. The minimum atomic E-state index is -0.976. The van der Waals surface area contributed by atoms with Crippen LogP contribution in [0.25, 0.3) is 0 Å². The van der Waals surface area contributed by atoms with E-state index in [1.807, 2.05) is 73.6 Å². The fourth-order valence-electron chi connectivity index (χ4n) is 3.54. The van der Waals surface area contributed by atoms with Gasteiger partial charge in [0, 0.05) is 16.8 Å². The molecule has 0 bridgehead atoms. The number of nitrogens with one attached hydrogen (secondary N) is 2. The number of carbonyl (C=O) groups is 3. The predicted octanol–water partition coefficient (Wildman–Crippen LogP) is 5.10. The summed E-state index contributed by atoms with van der Waals surface area (Å²) in [6.45, 7) is 20.8. The molecule has 0 radical (unpaired) electrons. The summed E-state index contributed by atoms with van der Waals surface area (Å²) in [4.78, 5) is 41.9. The van der Waals surface area contributed by atoms with Gasteiger partial charge in [-0.25, -0.2) is 4.79 Å². The zero-order valence-electron chi connectivity index (χ0n) is 23.3. The first kappa shape index (κ1) is 30.8. The first-order valence-corrected chi connectivity index (χ1v) is 12.8. The SMILES string of the molecule is CCC(C)(C)N(C(=O)C(CS)NC(=O)OC(C)(C)C)C(C(=O)NC(C)(C)C)c1ccc(C)c(C)c1. The maximum absolute atomic E-state index is 14.0. The number of alkyl carbamates (subject to hydrolysis) is 1. The maximum Gasteiger partial charge on any atom is 0.408 e. The molecule has 2 N–H and O–H groups in total. The maximum atomic E-state index is 14.0. The van der Waals surface area contributed by atoms with Gasteiger partial charge in [0.25, 0.3) is 0 Å². The van der Waals surface area contributed by atoms with E-state index in [1.165, 1.54) is 0 Å². The van der Waals surface area contributed by atoms with Gasteiger partial charge in [-0.3, -0.25) is 9.59 Å². The second kappa shape index (κ2) is 11.7. The highest BCUT2D eigenvalue weighted by atomic mass is 32.1. The van der Waals surface area contributed by atoms with Crippen molar-refractivity contribution in [2.75, 3.05) is 5.75 Å². The van der Waals surface area contributed by atoms with Crippen LogP contribution < -0.4 is 10.6 Å². The molecule has 1 aromatic carbocycles. The lowest BCUT2D eigenvalue weighted by Gasteiger charge is -2.45. The molecule has 0 aliphatic carbocycles. The van der Waals surface area contributed by atoms with Crippen LogP contribution in [0.5, 0.6) is 0 Å². The minimum Gasteiger partial charge on any atom is -0.444 e.